The summed E-state index contributed by atoms with van der Waals surface area (Å²) in [6.45, 7) is 1.93. The number of fused-ring (bicyclic) bond motifs is 1. The number of hydrogen-bond acceptors (Lipinski definition) is 2. The molecule has 0 saturated heterocycles. The molecule has 0 spiro atoms. The Hall–Kier alpha value is -2.23. The molecule has 0 fully saturated rings. The zero-order valence-electron chi connectivity index (χ0n) is 9.94. The van der Waals surface area contributed by atoms with Crippen LogP contribution in [0.3, 0.4) is 0 Å². The molecule has 0 bridgehead atoms. The van der Waals surface area contributed by atoms with Crippen LogP contribution in [-0.4, -0.2) is 15.0 Å². The topological polar surface area (TPSA) is 41.6 Å². The van der Waals surface area contributed by atoms with E-state index < -0.39 is 0 Å². The van der Waals surface area contributed by atoms with E-state index in [0.717, 1.165) is 22.6 Å². The number of nitrogens with zero attached hydrogens (tertiary/aromatic N) is 2. The summed E-state index contributed by atoms with van der Waals surface area (Å²) in [6.07, 6.45) is 0.577. The zero-order chi connectivity index (χ0) is 12.5. The Bertz CT molecular complexity index is 703. The fourth-order valence-electron chi connectivity index (χ4n) is 1.96. The van der Waals surface area contributed by atoms with Gasteiger partial charge in [-0.3, -0.25) is 0 Å². The van der Waals surface area contributed by atoms with Crippen molar-refractivity contribution in [2.24, 2.45) is 0 Å². The molecule has 0 unspecified atom stereocenters. The van der Waals surface area contributed by atoms with E-state index in [1.54, 1.807) is 6.07 Å². The third-order valence-electron chi connectivity index (χ3n) is 2.79. The molecule has 90 valence electrons. The van der Waals surface area contributed by atoms with Gasteiger partial charge in [0.15, 0.2) is 5.65 Å². The van der Waals surface area contributed by atoms with Gasteiger partial charge in [-0.1, -0.05) is 12.1 Å². The molecule has 0 radical (unpaired) electrons. The lowest BCUT2D eigenvalue weighted by atomic mass is 10.1. The fraction of sp³-hybridized carbons (Fsp3) is 0.143. The molecular formula is C14H12FN3. The highest BCUT2D eigenvalue weighted by molar-refractivity contribution is 5.70. The Labute approximate surface area is 104 Å². The Morgan fingerprint density at radius 3 is 2.89 bits per heavy atom. The Morgan fingerprint density at radius 1 is 1.17 bits per heavy atom. The number of nitrogens with one attached hydrogen (secondary N) is 1. The summed E-state index contributed by atoms with van der Waals surface area (Å²) in [4.78, 5) is 11.9. The van der Waals surface area contributed by atoms with Crippen LogP contribution in [-0.2, 0) is 6.42 Å². The highest BCUT2D eigenvalue weighted by atomic mass is 19.1. The molecular weight excluding hydrogens is 229 g/mol. The maximum absolute atomic E-state index is 13.1. The normalized spacial score (nSPS) is 11.0. The van der Waals surface area contributed by atoms with Crippen molar-refractivity contribution in [3.63, 3.8) is 0 Å². The van der Waals surface area contributed by atoms with Gasteiger partial charge in [-0.05, 0) is 36.8 Å². The molecule has 0 saturated carbocycles. The number of aromatic amines is 1. The molecule has 3 aromatic rings. The summed E-state index contributed by atoms with van der Waals surface area (Å²) in [7, 11) is 0. The van der Waals surface area contributed by atoms with Crippen molar-refractivity contribution in [3.8, 4) is 0 Å². The lowest BCUT2D eigenvalue weighted by Crippen LogP contribution is -1.91. The van der Waals surface area contributed by atoms with Gasteiger partial charge >= 0.3 is 0 Å². The second kappa shape index (κ2) is 4.22. The monoisotopic (exact) mass is 241 g/mol. The van der Waals surface area contributed by atoms with E-state index in [9.17, 15) is 4.39 Å². The summed E-state index contributed by atoms with van der Waals surface area (Å²) in [6, 6.07) is 10.4. The molecule has 0 aliphatic rings. The quantitative estimate of drug-likeness (QED) is 0.749. The van der Waals surface area contributed by atoms with Gasteiger partial charge in [0, 0.05) is 12.1 Å². The number of aromatic nitrogens is 3. The smallest absolute Gasteiger partial charge is 0.177 e. The molecule has 1 aromatic carbocycles. The summed E-state index contributed by atoms with van der Waals surface area (Å²) >= 11 is 0. The first-order chi connectivity index (χ1) is 8.70. The van der Waals surface area contributed by atoms with Crippen LogP contribution in [0, 0.1) is 12.7 Å². The van der Waals surface area contributed by atoms with Crippen LogP contribution in [0.25, 0.3) is 11.2 Å². The third-order valence-corrected chi connectivity index (χ3v) is 2.79. The minimum atomic E-state index is -0.224. The fourth-order valence-corrected chi connectivity index (χ4v) is 1.96. The van der Waals surface area contributed by atoms with E-state index in [-0.39, 0.29) is 5.82 Å². The van der Waals surface area contributed by atoms with E-state index in [1.807, 2.05) is 25.1 Å². The van der Waals surface area contributed by atoms with Gasteiger partial charge in [0.25, 0.3) is 0 Å². The lowest BCUT2D eigenvalue weighted by Gasteiger charge is -1.97. The standard InChI is InChI=1S/C14H12FN3/c1-9-5-6-12-14(16-9)18-13(17-12)8-10-3-2-4-11(15)7-10/h2-7H,8H2,1H3,(H,16,17,18). The third kappa shape index (κ3) is 2.09. The van der Waals surface area contributed by atoms with Crippen molar-refractivity contribution < 1.29 is 4.39 Å². The number of benzene rings is 1. The van der Waals surface area contributed by atoms with Crippen molar-refractivity contribution in [2.75, 3.05) is 0 Å². The Kier molecular flexibility index (Phi) is 2.55. The number of aryl methyl sites for hydroxylation is 1. The predicted octanol–water partition coefficient (Wildman–Crippen LogP) is 3.00. The number of hydrogen-bond donors (Lipinski definition) is 1. The minimum absolute atomic E-state index is 0.224. The summed E-state index contributed by atoms with van der Waals surface area (Å²) < 4.78 is 13.1. The van der Waals surface area contributed by atoms with Crippen LogP contribution in [0.15, 0.2) is 36.4 Å². The van der Waals surface area contributed by atoms with Crippen molar-refractivity contribution >= 4 is 11.2 Å². The first kappa shape index (κ1) is 10.9. The number of imidazole rings is 1. The second-order valence-corrected chi connectivity index (χ2v) is 4.31. The highest BCUT2D eigenvalue weighted by Gasteiger charge is 2.05. The van der Waals surface area contributed by atoms with E-state index >= 15 is 0 Å². The molecule has 2 heterocycles. The highest BCUT2D eigenvalue weighted by Crippen LogP contribution is 2.13. The van der Waals surface area contributed by atoms with Crippen LogP contribution >= 0.6 is 0 Å². The summed E-state index contributed by atoms with van der Waals surface area (Å²) in [5, 5.41) is 0. The van der Waals surface area contributed by atoms with Crippen molar-refractivity contribution in [2.45, 2.75) is 13.3 Å². The average molecular weight is 241 g/mol. The van der Waals surface area contributed by atoms with E-state index in [0.29, 0.717) is 12.1 Å². The molecule has 0 aliphatic heterocycles. The molecule has 2 aromatic heterocycles. The van der Waals surface area contributed by atoms with Crippen molar-refractivity contribution in [1.82, 2.24) is 15.0 Å². The first-order valence-electron chi connectivity index (χ1n) is 5.77. The van der Waals surface area contributed by atoms with Crippen LogP contribution in [0.4, 0.5) is 4.39 Å². The van der Waals surface area contributed by atoms with E-state index in [1.165, 1.54) is 12.1 Å². The van der Waals surface area contributed by atoms with Crippen molar-refractivity contribution in [3.05, 3.63) is 59.3 Å². The Morgan fingerprint density at radius 2 is 2.06 bits per heavy atom. The molecule has 0 aliphatic carbocycles. The van der Waals surface area contributed by atoms with E-state index in [4.69, 9.17) is 0 Å². The number of H-pyrrole nitrogens is 1. The lowest BCUT2D eigenvalue weighted by molar-refractivity contribution is 0.626. The maximum atomic E-state index is 13.1. The SMILES string of the molecule is Cc1ccc2[nH]c(Cc3cccc(F)c3)nc2n1. The summed E-state index contributed by atoms with van der Waals surface area (Å²) in [5.74, 6) is 0.575. The van der Waals surface area contributed by atoms with Gasteiger partial charge in [0.05, 0.1) is 5.52 Å². The van der Waals surface area contributed by atoms with Crippen LogP contribution in [0.2, 0.25) is 0 Å². The van der Waals surface area contributed by atoms with Gasteiger partial charge in [-0.25, -0.2) is 14.4 Å². The molecule has 1 N–H and O–H groups in total. The van der Waals surface area contributed by atoms with Crippen LogP contribution < -0.4 is 0 Å². The predicted molar refractivity (Wildman–Crippen MR) is 67.8 cm³/mol. The average Bonchev–Trinajstić information content (AvgIpc) is 2.70. The number of halogens is 1. The van der Waals surface area contributed by atoms with Crippen LogP contribution in [0.5, 0.6) is 0 Å². The largest absolute Gasteiger partial charge is 0.340 e. The maximum Gasteiger partial charge on any atom is 0.177 e. The van der Waals surface area contributed by atoms with Crippen molar-refractivity contribution in [1.29, 1.82) is 0 Å². The molecule has 18 heavy (non-hydrogen) atoms. The minimum Gasteiger partial charge on any atom is -0.340 e. The zero-order valence-corrected chi connectivity index (χ0v) is 9.94. The van der Waals surface area contributed by atoms with Crippen LogP contribution in [0.1, 0.15) is 17.1 Å². The van der Waals surface area contributed by atoms with E-state index in [2.05, 4.69) is 15.0 Å². The van der Waals surface area contributed by atoms with Gasteiger partial charge in [0.1, 0.15) is 11.6 Å². The molecule has 3 nitrogen and oxygen atoms in total. The molecule has 0 amide bonds. The molecule has 3 rings (SSSR count). The summed E-state index contributed by atoms with van der Waals surface area (Å²) in [5.41, 5.74) is 3.45. The number of rotatable bonds is 2. The second-order valence-electron chi connectivity index (χ2n) is 4.31. The first-order valence-corrected chi connectivity index (χ1v) is 5.77. The van der Waals surface area contributed by atoms with Gasteiger partial charge in [-0.2, -0.15) is 0 Å². The molecule has 0 atom stereocenters. The molecule has 4 heteroatoms. The number of pyridine rings is 1. The Balaban J connectivity index is 1.95. The van der Waals surface area contributed by atoms with Gasteiger partial charge < -0.3 is 4.98 Å². The van der Waals surface area contributed by atoms with Gasteiger partial charge in [0.2, 0.25) is 0 Å². The van der Waals surface area contributed by atoms with Gasteiger partial charge in [-0.15, -0.1) is 0 Å².